The summed E-state index contributed by atoms with van der Waals surface area (Å²) in [4.78, 5) is 15.3. The second-order valence-corrected chi connectivity index (χ2v) is 7.62. The number of fused-ring (bicyclic) bond motifs is 2. The van der Waals surface area contributed by atoms with Crippen molar-refractivity contribution in [1.29, 1.82) is 0 Å². The first-order valence-electron chi connectivity index (χ1n) is 8.87. The molecule has 146 valence electrons. The summed E-state index contributed by atoms with van der Waals surface area (Å²) in [6.07, 6.45) is 3.93. The van der Waals surface area contributed by atoms with Crippen molar-refractivity contribution < 1.29 is 19.0 Å². The van der Waals surface area contributed by atoms with Gasteiger partial charge in [0.05, 0.1) is 12.7 Å². The van der Waals surface area contributed by atoms with Gasteiger partial charge in [0, 0.05) is 28.7 Å². The molecule has 28 heavy (non-hydrogen) atoms. The molecule has 0 aromatic heterocycles. The van der Waals surface area contributed by atoms with Gasteiger partial charge in [-0.1, -0.05) is 29.3 Å². The Bertz CT molecular complexity index is 987. The van der Waals surface area contributed by atoms with Crippen molar-refractivity contribution in [2.45, 2.75) is 13.0 Å². The van der Waals surface area contributed by atoms with Crippen molar-refractivity contribution in [3.05, 3.63) is 56.6 Å². The summed E-state index contributed by atoms with van der Waals surface area (Å²) >= 11 is 12.1. The van der Waals surface area contributed by atoms with Gasteiger partial charge in [0.15, 0.2) is 17.3 Å². The van der Waals surface area contributed by atoms with Gasteiger partial charge in [0.1, 0.15) is 0 Å². The van der Waals surface area contributed by atoms with Crippen LogP contribution in [0.3, 0.4) is 0 Å². The molecule has 2 aliphatic heterocycles. The summed E-state index contributed by atoms with van der Waals surface area (Å²) in [6.45, 7) is 1.60. The number of rotatable bonds is 4. The largest absolute Gasteiger partial charge is 0.492 e. The van der Waals surface area contributed by atoms with Crippen molar-refractivity contribution in [3.63, 3.8) is 0 Å². The fourth-order valence-corrected chi connectivity index (χ4v) is 4.12. The normalized spacial score (nSPS) is 15.7. The van der Waals surface area contributed by atoms with Gasteiger partial charge in [0.2, 0.25) is 12.5 Å². The molecule has 0 aliphatic carbocycles. The topological polar surface area (TPSA) is 48.0 Å². The Balaban J connectivity index is 1.79. The van der Waals surface area contributed by atoms with E-state index < -0.39 is 0 Å². The third kappa shape index (κ3) is 3.34. The van der Waals surface area contributed by atoms with E-state index in [-0.39, 0.29) is 12.6 Å². The molecule has 0 saturated heterocycles. The lowest BCUT2D eigenvalue weighted by molar-refractivity contribution is 0.104. The maximum absolute atomic E-state index is 13.2. The van der Waals surface area contributed by atoms with Crippen molar-refractivity contribution in [2.24, 2.45) is 0 Å². The molecule has 0 bridgehead atoms. The number of likely N-dealkylation sites (N-methyl/N-ethyl adjacent to an activating group) is 1. The van der Waals surface area contributed by atoms with Crippen molar-refractivity contribution in [3.8, 4) is 17.2 Å². The average molecular weight is 420 g/mol. The van der Waals surface area contributed by atoms with Gasteiger partial charge in [0.25, 0.3) is 0 Å². The van der Waals surface area contributed by atoms with Gasteiger partial charge >= 0.3 is 0 Å². The number of benzene rings is 2. The summed E-state index contributed by atoms with van der Waals surface area (Å²) in [7, 11) is 3.65. The maximum atomic E-state index is 13.2. The smallest absolute Gasteiger partial charge is 0.231 e. The summed E-state index contributed by atoms with van der Waals surface area (Å²) < 4.78 is 16.9. The molecule has 2 aromatic rings. The minimum atomic E-state index is -0.156. The van der Waals surface area contributed by atoms with Crippen molar-refractivity contribution >= 4 is 35.1 Å². The van der Waals surface area contributed by atoms with Gasteiger partial charge in [-0.05, 0) is 48.9 Å². The quantitative estimate of drug-likeness (QED) is 0.534. The first-order chi connectivity index (χ1) is 13.5. The van der Waals surface area contributed by atoms with Crippen LogP contribution in [0.15, 0.2) is 24.3 Å². The Morgan fingerprint density at radius 1 is 1.21 bits per heavy atom. The monoisotopic (exact) mass is 419 g/mol. The van der Waals surface area contributed by atoms with E-state index in [0.717, 1.165) is 29.7 Å². The number of hydrogen-bond donors (Lipinski definition) is 0. The summed E-state index contributed by atoms with van der Waals surface area (Å²) in [5, 5.41) is 1.03. The van der Waals surface area contributed by atoms with Crippen molar-refractivity contribution in [2.75, 3.05) is 27.5 Å². The second kappa shape index (κ2) is 7.66. The van der Waals surface area contributed by atoms with Crippen LogP contribution in [0, 0.1) is 0 Å². The van der Waals surface area contributed by atoms with Crippen LogP contribution >= 0.6 is 23.2 Å². The van der Waals surface area contributed by atoms with Gasteiger partial charge in [-0.25, -0.2) is 0 Å². The molecule has 7 heteroatoms. The lowest BCUT2D eigenvalue weighted by atomic mass is 9.90. The molecular formula is C21H19Cl2NO4. The lowest BCUT2D eigenvalue weighted by Gasteiger charge is -2.28. The molecule has 0 saturated carbocycles. The predicted octanol–water partition coefficient (Wildman–Crippen LogP) is 4.61. The van der Waals surface area contributed by atoms with Gasteiger partial charge in [-0.3, -0.25) is 4.79 Å². The molecular weight excluding hydrogens is 401 g/mol. The first-order valence-corrected chi connectivity index (χ1v) is 9.62. The molecule has 0 radical (unpaired) electrons. The van der Waals surface area contributed by atoms with E-state index in [1.807, 2.05) is 7.05 Å². The number of carbonyl (C=O) groups excluding carboxylic acids is 1. The van der Waals surface area contributed by atoms with Crippen LogP contribution in [0.4, 0.5) is 0 Å². The highest BCUT2D eigenvalue weighted by Gasteiger charge is 2.34. The average Bonchev–Trinajstić information content (AvgIpc) is 3.14. The van der Waals surface area contributed by atoms with Crippen LogP contribution in [0.1, 0.15) is 27.0 Å². The van der Waals surface area contributed by atoms with Crippen LogP contribution in [0.2, 0.25) is 10.0 Å². The molecule has 0 atom stereocenters. The molecule has 0 unspecified atom stereocenters. The van der Waals surface area contributed by atoms with Gasteiger partial charge < -0.3 is 19.1 Å². The molecule has 0 amide bonds. The number of methoxy groups -OCH3 is 1. The Labute approximate surface area is 173 Å². The Morgan fingerprint density at radius 2 is 2.00 bits per heavy atom. The van der Waals surface area contributed by atoms with E-state index in [2.05, 4.69) is 4.90 Å². The second-order valence-electron chi connectivity index (χ2n) is 6.78. The Morgan fingerprint density at radius 3 is 2.75 bits per heavy atom. The summed E-state index contributed by atoms with van der Waals surface area (Å²) in [5.41, 5.74) is 3.19. The standard InChI is InChI=1S/C21H19Cl2NO4/c1-24-8-7-14-15(10-24)19(26-2)21-20(27-11-28-21)18(14)17(25)6-4-12-3-5-13(22)9-16(12)23/h3-6,9H,7-8,10-11H2,1-2H3/b6-4+. The van der Waals surface area contributed by atoms with Crippen LogP contribution in [0.25, 0.3) is 6.08 Å². The number of allylic oxidation sites excluding steroid dienone is 1. The number of halogens is 2. The molecule has 4 rings (SSSR count). The molecule has 0 fully saturated rings. The highest BCUT2D eigenvalue weighted by atomic mass is 35.5. The molecule has 2 aromatic carbocycles. The Hall–Kier alpha value is -2.21. The molecule has 5 nitrogen and oxygen atoms in total. The first kappa shape index (κ1) is 19.1. The number of carbonyl (C=O) groups is 1. The minimum absolute atomic E-state index is 0.0669. The van der Waals surface area contributed by atoms with Crippen LogP contribution < -0.4 is 14.2 Å². The number of hydrogen-bond acceptors (Lipinski definition) is 5. The van der Waals surface area contributed by atoms with E-state index in [1.54, 1.807) is 31.4 Å². The van der Waals surface area contributed by atoms with Crippen LogP contribution in [-0.2, 0) is 13.0 Å². The third-order valence-corrected chi connectivity index (χ3v) is 5.55. The number of ether oxygens (including phenoxy) is 3. The van der Waals surface area contributed by atoms with E-state index >= 15 is 0 Å². The Kier molecular flexibility index (Phi) is 5.23. The molecule has 0 spiro atoms. The van der Waals surface area contributed by atoms with Gasteiger partial charge in [-0.2, -0.15) is 0 Å². The van der Waals surface area contributed by atoms with E-state index in [9.17, 15) is 4.79 Å². The SMILES string of the molecule is COc1c2c(c(C(=O)/C=C/c3ccc(Cl)cc3Cl)c3c1OCO3)CCN(C)C2. The molecule has 0 N–H and O–H groups in total. The number of nitrogens with zero attached hydrogens (tertiary/aromatic N) is 1. The zero-order valence-electron chi connectivity index (χ0n) is 15.6. The summed E-state index contributed by atoms with van der Waals surface area (Å²) in [6, 6.07) is 5.15. The van der Waals surface area contributed by atoms with E-state index in [1.165, 1.54) is 6.08 Å². The van der Waals surface area contributed by atoms with E-state index in [0.29, 0.717) is 39.4 Å². The molecule has 2 aliphatic rings. The maximum Gasteiger partial charge on any atom is 0.231 e. The highest BCUT2D eigenvalue weighted by molar-refractivity contribution is 6.35. The van der Waals surface area contributed by atoms with Crippen LogP contribution in [-0.4, -0.2) is 38.2 Å². The fourth-order valence-electron chi connectivity index (χ4n) is 3.65. The third-order valence-electron chi connectivity index (χ3n) is 4.99. The van der Waals surface area contributed by atoms with Gasteiger partial charge in [-0.15, -0.1) is 0 Å². The van der Waals surface area contributed by atoms with Crippen LogP contribution in [0.5, 0.6) is 17.2 Å². The number of ketones is 1. The highest BCUT2D eigenvalue weighted by Crippen LogP contribution is 2.49. The minimum Gasteiger partial charge on any atom is -0.492 e. The molecule has 2 heterocycles. The fraction of sp³-hybridized carbons (Fsp3) is 0.286. The zero-order chi connectivity index (χ0) is 19.8. The summed E-state index contributed by atoms with van der Waals surface area (Å²) in [5.74, 6) is 1.45. The van der Waals surface area contributed by atoms with Crippen molar-refractivity contribution in [1.82, 2.24) is 4.90 Å². The predicted molar refractivity (Wildman–Crippen MR) is 109 cm³/mol. The zero-order valence-corrected chi connectivity index (χ0v) is 17.1. The lowest BCUT2D eigenvalue weighted by Crippen LogP contribution is -2.28. The van der Waals surface area contributed by atoms with E-state index in [4.69, 9.17) is 37.4 Å².